The van der Waals surface area contributed by atoms with Gasteiger partial charge in [0.2, 0.25) is 0 Å². The molecule has 0 saturated heterocycles. The number of H-pyrrole nitrogens is 1. The van der Waals surface area contributed by atoms with E-state index >= 15 is 0 Å². The van der Waals surface area contributed by atoms with Crippen molar-refractivity contribution < 1.29 is 9.90 Å². The quantitative estimate of drug-likeness (QED) is 0.720. The van der Waals surface area contributed by atoms with Crippen LogP contribution in [0.2, 0.25) is 0 Å². The van der Waals surface area contributed by atoms with Crippen LogP contribution < -0.4 is 5.32 Å². The molecule has 5 nitrogen and oxygen atoms in total. The molecule has 0 aliphatic rings. The second kappa shape index (κ2) is 5.31. The normalized spacial score (nSPS) is 11.9. The van der Waals surface area contributed by atoms with Crippen LogP contribution in [0.5, 0.6) is 0 Å². The highest BCUT2D eigenvalue weighted by Gasteiger charge is 2.21. The molecule has 5 heteroatoms. The molecule has 3 N–H and O–H groups in total. The first kappa shape index (κ1) is 13.7. The van der Waals surface area contributed by atoms with Gasteiger partial charge in [0.15, 0.2) is 0 Å². The predicted molar refractivity (Wildman–Crippen MR) is 65.8 cm³/mol. The lowest BCUT2D eigenvalue weighted by atomic mass is 10.1. The fraction of sp³-hybridized carbons (Fsp3) is 0.667. The molecule has 0 bridgehead atoms. The number of amides is 1. The zero-order chi connectivity index (χ0) is 13.1. The lowest BCUT2D eigenvalue weighted by molar-refractivity contribution is 0.0864. The van der Waals surface area contributed by atoms with Crippen molar-refractivity contribution in [2.24, 2.45) is 5.92 Å². The van der Waals surface area contributed by atoms with E-state index in [1.807, 2.05) is 0 Å². The Bertz CT molecular complexity index is 383. The SMILES string of the molecule is CC(C)Cc1cc(C(=O)NC(C)(C)CO)n[nH]1. The van der Waals surface area contributed by atoms with Gasteiger partial charge >= 0.3 is 0 Å². The number of carbonyl (C=O) groups excluding carboxylic acids is 1. The Hall–Kier alpha value is -1.36. The van der Waals surface area contributed by atoms with E-state index in [0.717, 1.165) is 12.1 Å². The lowest BCUT2D eigenvalue weighted by Crippen LogP contribution is -2.46. The van der Waals surface area contributed by atoms with Gasteiger partial charge in [-0.2, -0.15) is 5.10 Å². The van der Waals surface area contributed by atoms with Gasteiger partial charge in [0.1, 0.15) is 5.69 Å². The predicted octanol–water partition coefficient (Wildman–Crippen LogP) is 1.11. The Morgan fingerprint density at radius 2 is 2.24 bits per heavy atom. The Morgan fingerprint density at radius 1 is 1.59 bits per heavy atom. The van der Waals surface area contributed by atoms with Gasteiger partial charge < -0.3 is 10.4 Å². The molecule has 96 valence electrons. The summed E-state index contributed by atoms with van der Waals surface area (Å²) in [5.74, 6) is 0.246. The maximum atomic E-state index is 11.8. The molecule has 1 rings (SSSR count). The number of hydrogen-bond donors (Lipinski definition) is 3. The largest absolute Gasteiger partial charge is 0.394 e. The number of aliphatic hydroxyl groups excluding tert-OH is 1. The van der Waals surface area contributed by atoms with Crippen molar-refractivity contribution in [3.05, 3.63) is 17.5 Å². The van der Waals surface area contributed by atoms with E-state index in [0.29, 0.717) is 11.6 Å². The van der Waals surface area contributed by atoms with Gasteiger partial charge in [-0.05, 0) is 32.3 Å². The average molecular weight is 239 g/mol. The molecular formula is C12H21N3O2. The molecule has 0 atom stereocenters. The second-order valence-corrected chi connectivity index (χ2v) is 5.37. The van der Waals surface area contributed by atoms with Gasteiger partial charge in [0, 0.05) is 5.69 Å². The third-order valence-electron chi connectivity index (χ3n) is 2.34. The van der Waals surface area contributed by atoms with Gasteiger partial charge in [-0.25, -0.2) is 0 Å². The smallest absolute Gasteiger partial charge is 0.272 e. The molecular weight excluding hydrogens is 218 g/mol. The fourth-order valence-electron chi connectivity index (χ4n) is 1.43. The third kappa shape index (κ3) is 4.19. The van der Waals surface area contributed by atoms with Crippen molar-refractivity contribution in [3.8, 4) is 0 Å². The van der Waals surface area contributed by atoms with E-state index in [2.05, 4.69) is 29.4 Å². The van der Waals surface area contributed by atoms with Crippen LogP contribution in [0.15, 0.2) is 6.07 Å². The summed E-state index contributed by atoms with van der Waals surface area (Å²) in [5, 5.41) is 18.6. The van der Waals surface area contributed by atoms with E-state index in [1.165, 1.54) is 0 Å². The fourth-order valence-corrected chi connectivity index (χ4v) is 1.43. The molecule has 17 heavy (non-hydrogen) atoms. The van der Waals surface area contributed by atoms with Crippen LogP contribution in [0, 0.1) is 5.92 Å². The minimum Gasteiger partial charge on any atom is -0.394 e. The molecule has 0 aliphatic heterocycles. The zero-order valence-electron chi connectivity index (χ0n) is 10.9. The van der Waals surface area contributed by atoms with Gasteiger partial charge in [-0.15, -0.1) is 0 Å². The van der Waals surface area contributed by atoms with Crippen LogP contribution in [0.25, 0.3) is 0 Å². The highest BCUT2D eigenvalue weighted by molar-refractivity contribution is 5.92. The summed E-state index contributed by atoms with van der Waals surface area (Å²) in [5.41, 5.74) is 0.683. The number of nitrogens with zero attached hydrogens (tertiary/aromatic N) is 1. The van der Waals surface area contributed by atoms with E-state index in [-0.39, 0.29) is 12.5 Å². The molecule has 1 aromatic rings. The first-order chi connectivity index (χ1) is 7.84. The van der Waals surface area contributed by atoms with Crippen molar-refractivity contribution in [3.63, 3.8) is 0 Å². The summed E-state index contributed by atoms with van der Waals surface area (Å²) >= 11 is 0. The molecule has 0 saturated carbocycles. The summed E-state index contributed by atoms with van der Waals surface area (Å²) in [4.78, 5) is 11.8. The van der Waals surface area contributed by atoms with Gasteiger partial charge in [-0.1, -0.05) is 13.8 Å². The molecule has 1 heterocycles. The number of rotatable bonds is 5. The van der Waals surface area contributed by atoms with E-state index in [1.54, 1.807) is 19.9 Å². The van der Waals surface area contributed by atoms with Crippen molar-refractivity contribution in [1.82, 2.24) is 15.5 Å². The number of aliphatic hydroxyl groups is 1. The van der Waals surface area contributed by atoms with Crippen molar-refractivity contribution in [1.29, 1.82) is 0 Å². The molecule has 0 radical (unpaired) electrons. The van der Waals surface area contributed by atoms with Gasteiger partial charge in [-0.3, -0.25) is 9.89 Å². The Kier molecular flexibility index (Phi) is 4.28. The molecule has 0 spiro atoms. The Balaban J connectivity index is 2.67. The highest BCUT2D eigenvalue weighted by atomic mass is 16.3. The van der Waals surface area contributed by atoms with Crippen LogP contribution in [-0.2, 0) is 6.42 Å². The number of aromatic nitrogens is 2. The van der Waals surface area contributed by atoms with Crippen molar-refractivity contribution in [2.75, 3.05) is 6.61 Å². The molecule has 0 aromatic carbocycles. The summed E-state index contributed by atoms with van der Waals surface area (Å²) < 4.78 is 0. The van der Waals surface area contributed by atoms with E-state index in [9.17, 15) is 4.79 Å². The van der Waals surface area contributed by atoms with Crippen molar-refractivity contribution >= 4 is 5.91 Å². The Labute approximate surface area is 102 Å². The monoisotopic (exact) mass is 239 g/mol. The lowest BCUT2D eigenvalue weighted by Gasteiger charge is -2.22. The summed E-state index contributed by atoms with van der Waals surface area (Å²) in [6, 6.07) is 1.75. The summed E-state index contributed by atoms with van der Waals surface area (Å²) in [7, 11) is 0. The number of aromatic amines is 1. The third-order valence-corrected chi connectivity index (χ3v) is 2.34. The first-order valence-electron chi connectivity index (χ1n) is 5.81. The molecule has 1 amide bonds. The Morgan fingerprint density at radius 3 is 2.76 bits per heavy atom. The van der Waals surface area contributed by atoms with Gasteiger partial charge in [0.25, 0.3) is 5.91 Å². The molecule has 1 aromatic heterocycles. The summed E-state index contributed by atoms with van der Waals surface area (Å²) in [6.07, 6.45) is 0.865. The van der Waals surface area contributed by atoms with E-state index in [4.69, 9.17) is 5.11 Å². The standard InChI is InChI=1S/C12H21N3O2/c1-8(2)5-9-6-10(15-14-9)11(17)13-12(3,4)7-16/h6,8,16H,5,7H2,1-4H3,(H,13,17)(H,14,15). The van der Waals surface area contributed by atoms with E-state index < -0.39 is 5.54 Å². The van der Waals surface area contributed by atoms with Gasteiger partial charge in [0.05, 0.1) is 12.1 Å². The van der Waals surface area contributed by atoms with Crippen LogP contribution in [0.3, 0.4) is 0 Å². The molecule has 0 aliphatic carbocycles. The number of hydrogen-bond acceptors (Lipinski definition) is 3. The van der Waals surface area contributed by atoms with Crippen LogP contribution in [0.4, 0.5) is 0 Å². The van der Waals surface area contributed by atoms with Crippen LogP contribution >= 0.6 is 0 Å². The minimum atomic E-state index is -0.631. The number of carbonyl (C=O) groups is 1. The second-order valence-electron chi connectivity index (χ2n) is 5.37. The first-order valence-corrected chi connectivity index (χ1v) is 5.81. The van der Waals surface area contributed by atoms with Crippen LogP contribution in [-0.4, -0.2) is 33.4 Å². The average Bonchev–Trinajstić information content (AvgIpc) is 2.64. The van der Waals surface area contributed by atoms with Crippen LogP contribution in [0.1, 0.15) is 43.9 Å². The molecule has 0 unspecified atom stereocenters. The maximum Gasteiger partial charge on any atom is 0.272 e. The molecule has 0 fully saturated rings. The summed E-state index contributed by atoms with van der Waals surface area (Å²) in [6.45, 7) is 7.62. The maximum absolute atomic E-state index is 11.8. The number of nitrogens with one attached hydrogen (secondary N) is 2. The topological polar surface area (TPSA) is 78.0 Å². The minimum absolute atomic E-state index is 0.109. The zero-order valence-corrected chi connectivity index (χ0v) is 10.9. The highest BCUT2D eigenvalue weighted by Crippen LogP contribution is 2.08. The van der Waals surface area contributed by atoms with Crippen molar-refractivity contribution in [2.45, 2.75) is 39.7 Å².